The van der Waals surface area contributed by atoms with Gasteiger partial charge in [-0.3, -0.25) is 14.8 Å². The molecule has 0 bridgehead atoms. The first-order valence-corrected chi connectivity index (χ1v) is 7.16. The minimum Gasteiger partial charge on any atom is -0.338 e. The molecule has 10 heteroatoms. The number of halogens is 3. The van der Waals surface area contributed by atoms with Crippen LogP contribution < -0.4 is 10.6 Å². The Balaban J connectivity index is 1.70. The van der Waals surface area contributed by atoms with Gasteiger partial charge < -0.3 is 10.2 Å². The monoisotopic (exact) mass is 333 g/mol. The summed E-state index contributed by atoms with van der Waals surface area (Å²) >= 11 is 0. The fourth-order valence-corrected chi connectivity index (χ4v) is 2.40. The lowest BCUT2D eigenvalue weighted by molar-refractivity contribution is -0.186. The summed E-state index contributed by atoms with van der Waals surface area (Å²) in [5.74, 6) is -1.34. The maximum atomic E-state index is 12.3. The van der Waals surface area contributed by atoms with Gasteiger partial charge in [0, 0.05) is 38.9 Å². The number of hydrogen-bond acceptors (Lipinski definition) is 3. The molecule has 128 valence electrons. The van der Waals surface area contributed by atoms with Gasteiger partial charge in [-0.05, 0) is 18.8 Å². The van der Waals surface area contributed by atoms with Gasteiger partial charge in [0.2, 0.25) is 0 Å². The molecule has 1 aromatic rings. The Labute approximate surface area is 130 Å². The van der Waals surface area contributed by atoms with Crippen molar-refractivity contribution in [1.29, 1.82) is 0 Å². The second kappa shape index (κ2) is 6.88. The molecule has 1 saturated heterocycles. The molecule has 7 nitrogen and oxygen atoms in total. The van der Waals surface area contributed by atoms with Gasteiger partial charge in [0.25, 0.3) is 0 Å². The van der Waals surface area contributed by atoms with E-state index in [1.807, 2.05) is 0 Å². The van der Waals surface area contributed by atoms with Gasteiger partial charge in [-0.15, -0.1) is 0 Å². The van der Waals surface area contributed by atoms with E-state index in [9.17, 15) is 22.8 Å². The number of nitrogens with zero attached hydrogens (tertiary/aromatic N) is 3. The Morgan fingerprint density at radius 1 is 1.35 bits per heavy atom. The molecule has 1 aliphatic heterocycles. The Bertz CT molecular complexity index is 564. The minimum absolute atomic E-state index is 0.0433. The van der Waals surface area contributed by atoms with Crippen LogP contribution in [-0.4, -0.2) is 52.4 Å². The highest BCUT2D eigenvalue weighted by Gasteiger charge is 2.43. The molecule has 0 radical (unpaired) electrons. The highest BCUT2D eigenvalue weighted by molar-refractivity contribution is 5.88. The number of alkyl halides is 3. The van der Waals surface area contributed by atoms with Crippen molar-refractivity contribution in [2.75, 3.05) is 25.0 Å². The van der Waals surface area contributed by atoms with E-state index in [1.165, 1.54) is 0 Å². The predicted octanol–water partition coefficient (Wildman–Crippen LogP) is 1.34. The molecule has 0 spiro atoms. The number of likely N-dealkylation sites (tertiary alicyclic amines) is 1. The maximum absolute atomic E-state index is 12.3. The Kier molecular flexibility index (Phi) is 5.12. The third-order valence-corrected chi connectivity index (χ3v) is 3.65. The summed E-state index contributed by atoms with van der Waals surface area (Å²) in [5.41, 5.74) is 0. The molecule has 1 aliphatic rings. The van der Waals surface area contributed by atoms with Crippen molar-refractivity contribution in [2.45, 2.75) is 19.0 Å². The average molecular weight is 333 g/mol. The summed E-state index contributed by atoms with van der Waals surface area (Å²) in [6.45, 7) is 0.436. The molecular weight excluding hydrogens is 315 g/mol. The number of nitrogens with one attached hydrogen (secondary N) is 2. The van der Waals surface area contributed by atoms with Crippen LogP contribution in [0.4, 0.5) is 23.8 Å². The van der Waals surface area contributed by atoms with Crippen LogP contribution in [0.5, 0.6) is 0 Å². The number of amides is 3. The van der Waals surface area contributed by atoms with E-state index in [-0.39, 0.29) is 19.0 Å². The maximum Gasteiger partial charge on any atom is 0.471 e. The Morgan fingerprint density at radius 2 is 2.00 bits per heavy atom. The van der Waals surface area contributed by atoms with Gasteiger partial charge in [-0.2, -0.15) is 18.3 Å². The first kappa shape index (κ1) is 17.1. The molecule has 1 aromatic heterocycles. The molecule has 23 heavy (non-hydrogen) atoms. The van der Waals surface area contributed by atoms with E-state index in [0.29, 0.717) is 25.2 Å². The third kappa shape index (κ3) is 4.86. The van der Waals surface area contributed by atoms with Crippen LogP contribution in [0.15, 0.2) is 12.3 Å². The number of anilines is 1. The number of carbonyl (C=O) groups excluding carboxylic acids is 2. The predicted molar refractivity (Wildman–Crippen MR) is 75.6 cm³/mol. The number of aromatic nitrogens is 2. The molecule has 1 fully saturated rings. The molecule has 0 aliphatic carbocycles. The van der Waals surface area contributed by atoms with Crippen LogP contribution in [0.3, 0.4) is 0 Å². The first-order valence-electron chi connectivity index (χ1n) is 7.16. The van der Waals surface area contributed by atoms with Crippen LogP contribution in [0.1, 0.15) is 12.8 Å². The van der Waals surface area contributed by atoms with Crippen molar-refractivity contribution in [1.82, 2.24) is 20.0 Å². The lowest BCUT2D eigenvalue weighted by Gasteiger charge is -2.32. The molecule has 0 aromatic carbocycles. The molecule has 0 saturated carbocycles. The van der Waals surface area contributed by atoms with Crippen LogP contribution in [0.25, 0.3) is 0 Å². The van der Waals surface area contributed by atoms with Gasteiger partial charge in [0.15, 0.2) is 5.82 Å². The van der Waals surface area contributed by atoms with Gasteiger partial charge in [0.05, 0.1) is 0 Å². The summed E-state index contributed by atoms with van der Waals surface area (Å²) in [6, 6.07) is 1.22. The fourth-order valence-electron chi connectivity index (χ4n) is 2.40. The van der Waals surface area contributed by atoms with Crippen molar-refractivity contribution in [3.8, 4) is 0 Å². The summed E-state index contributed by atoms with van der Waals surface area (Å²) in [4.78, 5) is 23.6. The standard InChI is InChI=1S/C13H18F3N5O2/c1-20-5-4-10(19-20)18-12(23)17-8-9-2-6-21(7-3-9)11(22)13(14,15)16/h4-5,9H,2-3,6-8H2,1H3,(H2,17,18,19,23). The smallest absolute Gasteiger partial charge is 0.338 e. The second-order valence-electron chi connectivity index (χ2n) is 5.44. The van der Waals surface area contributed by atoms with Crippen LogP contribution in [-0.2, 0) is 11.8 Å². The SMILES string of the molecule is Cn1ccc(NC(=O)NCC2CCN(C(=O)C(F)(F)F)CC2)n1. The zero-order valence-corrected chi connectivity index (χ0v) is 12.6. The molecule has 2 N–H and O–H groups in total. The summed E-state index contributed by atoms with van der Waals surface area (Å²) in [5, 5.41) is 9.21. The zero-order chi connectivity index (χ0) is 17.0. The molecule has 2 rings (SSSR count). The van der Waals surface area contributed by atoms with E-state index in [1.54, 1.807) is 24.0 Å². The fraction of sp³-hybridized carbons (Fsp3) is 0.615. The van der Waals surface area contributed by atoms with E-state index < -0.39 is 18.1 Å². The average Bonchev–Trinajstić information content (AvgIpc) is 2.89. The molecule has 0 atom stereocenters. The normalized spacial score (nSPS) is 16.3. The second-order valence-corrected chi connectivity index (χ2v) is 5.44. The molecular formula is C13H18F3N5O2. The summed E-state index contributed by atoms with van der Waals surface area (Å²) in [7, 11) is 1.72. The van der Waals surface area contributed by atoms with E-state index >= 15 is 0 Å². The van der Waals surface area contributed by atoms with Gasteiger partial charge in [-0.1, -0.05) is 0 Å². The lowest BCUT2D eigenvalue weighted by Crippen LogP contribution is -2.47. The van der Waals surface area contributed by atoms with E-state index in [0.717, 1.165) is 4.90 Å². The van der Waals surface area contributed by atoms with Crippen molar-refractivity contribution in [3.05, 3.63) is 12.3 Å². The van der Waals surface area contributed by atoms with Crippen molar-refractivity contribution < 1.29 is 22.8 Å². The number of hydrogen-bond donors (Lipinski definition) is 2. The lowest BCUT2D eigenvalue weighted by atomic mass is 9.97. The topological polar surface area (TPSA) is 79.3 Å². The van der Waals surface area contributed by atoms with Crippen molar-refractivity contribution >= 4 is 17.8 Å². The number of aryl methyl sites for hydroxylation is 1. The van der Waals surface area contributed by atoms with Crippen LogP contribution in [0, 0.1) is 5.92 Å². The molecule has 3 amide bonds. The van der Waals surface area contributed by atoms with Gasteiger partial charge in [-0.25, -0.2) is 4.79 Å². The van der Waals surface area contributed by atoms with Crippen molar-refractivity contribution in [3.63, 3.8) is 0 Å². The Hall–Kier alpha value is -2.26. The zero-order valence-electron chi connectivity index (χ0n) is 12.6. The quantitative estimate of drug-likeness (QED) is 0.876. The minimum atomic E-state index is -4.83. The highest BCUT2D eigenvalue weighted by atomic mass is 19.4. The molecule has 0 unspecified atom stereocenters. The number of rotatable bonds is 3. The van der Waals surface area contributed by atoms with E-state index in [4.69, 9.17) is 0 Å². The Morgan fingerprint density at radius 3 is 2.52 bits per heavy atom. The number of carbonyl (C=O) groups is 2. The van der Waals surface area contributed by atoms with Gasteiger partial charge >= 0.3 is 18.1 Å². The highest BCUT2D eigenvalue weighted by Crippen LogP contribution is 2.23. The van der Waals surface area contributed by atoms with Gasteiger partial charge in [0.1, 0.15) is 0 Å². The van der Waals surface area contributed by atoms with E-state index in [2.05, 4.69) is 15.7 Å². The largest absolute Gasteiger partial charge is 0.471 e. The molecule has 2 heterocycles. The van der Waals surface area contributed by atoms with Crippen LogP contribution >= 0.6 is 0 Å². The van der Waals surface area contributed by atoms with Crippen LogP contribution in [0.2, 0.25) is 0 Å². The first-order chi connectivity index (χ1) is 10.8. The van der Waals surface area contributed by atoms with Crippen molar-refractivity contribution in [2.24, 2.45) is 13.0 Å². The summed E-state index contributed by atoms with van der Waals surface area (Å²) in [6.07, 6.45) is -2.30. The third-order valence-electron chi connectivity index (χ3n) is 3.65. The summed E-state index contributed by atoms with van der Waals surface area (Å²) < 4.78 is 38.5. The number of urea groups is 1. The number of piperidine rings is 1.